The van der Waals surface area contributed by atoms with E-state index in [1.165, 1.54) is 14.2 Å². The van der Waals surface area contributed by atoms with Gasteiger partial charge in [-0.3, -0.25) is 9.59 Å². The summed E-state index contributed by atoms with van der Waals surface area (Å²) >= 11 is 0.995. The van der Waals surface area contributed by atoms with Gasteiger partial charge in [0.25, 0.3) is 0 Å². The number of hydrogen-bond acceptors (Lipinski definition) is 8. The van der Waals surface area contributed by atoms with Gasteiger partial charge < -0.3 is 19.7 Å². The van der Waals surface area contributed by atoms with Crippen LogP contribution in [0.1, 0.15) is 55.2 Å². The number of nitrogens with zero attached hydrogens (tertiary/aromatic N) is 1. The molecule has 0 atom stereocenters. The summed E-state index contributed by atoms with van der Waals surface area (Å²) < 4.78 is 9.57. The molecule has 176 valence electrons. The molecular weight excluding hydrogens is 444 g/mol. The molecule has 0 aliphatic carbocycles. The van der Waals surface area contributed by atoms with Crippen molar-refractivity contribution in [2.75, 3.05) is 39.2 Å². The number of amides is 1. The molecule has 1 saturated heterocycles. The van der Waals surface area contributed by atoms with E-state index in [2.05, 4.69) is 10.2 Å². The molecule has 0 spiro atoms. The Morgan fingerprint density at radius 3 is 2.27 bits per heavy atom. The zero-order chi connectivity index (χ0) is 24.0. The second-order valence-corrected chi connectivity index (χ2v) is 8.91. The van der Waals surface area contributed by atoms with Crippen LogP contribution in [0.5, 0.6) is 0 Å². The molecule has 0 radical (unpaired) electrons. The maximum absolute atomic E-state index is 12.6. The molecule has 8 nitrogen and oxygen atoms in total. The van der Waals surface area contributed by atoms with Crippen molar-refractivity contribution >= 4 is 40.0 Å². The van der Waals surface area contributed by atoms with E-state index in [0.717, 1.165) is 42.8 Å². The van der Waals surface area contributed by atoms with E-state index in [4.69, 9.17) is 9.47 Å². The van der Waals surface area contributed by atoms with Crippen molar-refractivity contribution in [1.29, 1.82) is 0 Å². The van der Waals surface area contributed by atoms with Gasteiger partial charge in [0.15, 0.2) is 5.78 Å². The highest BCUT2D eigenvalue weighted by atomic mass is 32.1. The molecule has 33 heavy (non-hydrogen) atoms. The number of rotatable bonds is 8. The second kappa shape index (κ2) is 11.2. The summed E-state index contributed by atoms with van der Waals surface area (Å²) in [5.74, 6) is -1.28. The van der Waals surface area contributed by atoms with Crippen molar-refractivity contribution in [3.63, 3.8) is 0 Å². The lowest BCUT2D eigenvalue weighted by atomic mass is 9.89. The number of likely N-dealkylation sites (tertiary alicyclic amines) is 1. The molecule has 1 amide bonds. The standard InChI is InChI=1S/C24H28N2O6S/c1-15-19(23(29)31-2)22(33-21(15)24(30)32-3)25-18(27)11-14-26-12-9-17(10-13-26)20(28)16-7-5-4-6-8-16/h4-8,17H,9-14H2,1-3H3,(H,25,27). The molecule has 1 aliphatic heterocycles. The number of ether oxygens (including phenoxy) is 2. The molecule has 1 fully saturated rings. The first-order valence-corrected chi connectivity index (χ1v) is 11.6. The van der Waals surface area contributed by atoms with E-state index in [1.807, 2.05) is 30.3 Å². The summed E-state index contributed by atoms with van der Waals surface area (Å²) in [6, 6.07) is 9.33. The minimum Gasteiger partial charge on any atom is -0.465 e. The van der Waals surface area contributed by atoms with E-state index in [-0.39, 0.29) is 39.5 Å². The maximum Gasteiger partial charge on any atom is 0.348 e. The number of ketones is 1. The number of carbonyl (C=O) groups excluding carboxylic acids is 4. The quantitative estimate of drug-likeness (QED) is 0.463. The predicted octanol–water partition coefficient (Wildman–Crippen LogP) is 3.55. The predicted molar refractivity (Wildman–Crippen MR) is 125 cm³/mol. The van der Waals surface area contributed by atoms with Crippen LogP contribution in [-0.2, 0) is 14.3 Å². The smallest absolute Gasteiger partial charge is 0.348 e. The fourth-order valence-electron chi connectivity index (χ4n) is 3.94. The summed E-state index contributed by atoms with van der Waals surface area (Å²) in [7, 11) is 2.50. The Labute approximate surface area is 196 Å². The number of hydrogen-bond donors (Lipinski definition) is 1. The van der Waals surface area contributed by atoms with Crippen LogP contribution in [0.4, 0.5) is 5.00 Å². The van der Waals surface area contributed by atoms with Crippen LogP contribution in [0.15, 0.2) is 30.3 Å². The Kier molecular flexibility index (Phi) is 8.35. The van der Waals surface area contributed by atoms with Crippen LogP contribution >= 0.6 is 11.3 Å². The van der Waals surface area contributed by atoms with E-state index in [9.17, 15) is 19.2 Å². The minimum atomic E-state index is -0.626. The third-order valence-corrected chi connectivity index (χ3v) is 7.02. The van der Waals surface area contributed by atoms with Crippen molar-refractivity contribution in [3.05, 3.63) is 51.9 Å². The van der Waals surface area contributed by atoms with Gasteiger partial charge in [0.05, 0.1) is 19.8 Å². The number of benzene rings is 1. The van der Waals surface area contributed by atoms with Crippen molar-refractivity contribution in [2.45, 2.75) is 26.2 Å². The molecule has 2 aromatic rings. The van der Waals surface area contributed by atoms with Gasteiger partial charge in [-0.05, 0) is 38.4 Å². The summed E-state index contributed by atoms with van der Waals surface area (Å²) in [6.07, 6.45) is 1.74. The molecule has 0 unspecified atom stereocenters. The first-order valence-electron chi connectivity index (χ1n) is 10.8. The SMILES string of the molecule is COC(=O)c1sc(NC(=O)CCN2CCC(C(=O)c3ccccc3)CC2)c(C(=O)OC)c1C. The fraction of sp³-hybridized carbons (Fsp3) is 0.417. The molecule has 0 bridgehead atoms. The second-order valence-electron chi connectivity index (χ2n) is 7.89. The minimum absolute atomic E-state index is 0.00549. The number of Topliss-reactive ketones (excluding diaryl/α,β-unsaturated/α-hetero) is 1. The van der Waals surface area contributed by atoms with Crippen molar-refractivity contribution in [1.82, 2.24) is 4.90 Å². The average molecular weight is 473 g/mol. The highest BCUT2D eigenvalue weighted by Gasteiger charge is 2.28. The lowest BCUT2D eigenvalue weighted by molar-refractivity contribution is -0.116. The van der Waals surface area contributed by atoms with Crippen LogP contribution in [-0.4, -0.2) is 62.4 Å². The molecular formula is C24H28N2O6S. The molecule has 3 rings (SSSR count). The summed E-state index contributed by atoms with van der Waals surface area (Å²) in [5.41, 5.74) is 1.32. The Bertz CT molecular complexity index is 1030. The number of piperidine rings is 1. The van der Waals surface area contributed by atoms with Gasteiger partial charge in [0.1, 0.15) is 9.88 Å². The Balaban J connectivity index is 1.54. The number of thiophene rings is 1. The lowest BCUT2D eigenvalue weighted by Crippen LogP contribution is -2.38. The molecule has 1 aliphatic rings. The van der Waals surface area contributed by atoms with Gasteiger partial charge in [-0.15, -0.1) is 11.3 Å². The number of anilines is 1. The molecule has 9 heteroatoms. The highest BCUT2D eigenvalue weighted by Crippen LogP contribution is 2.34. The Morgan fingerprint density at radius 2 is 1.67 bits per heavy atom. The van der Waals surface area contributed by atoms with Crippen LogP contribution in [0.25, 0.3) is 0 Å². The first kappa shape index (κ1) is 24.6. The Morgan fingerprint density at radius 1 is 1.03 bits per heavy atom. The Hall–Kier alpha value is -3.04. The van der Waals surface area contributed by atoms with Crippen LogP contribution in [0.3, 0.4) is 0 Å². The summed E-state index contributed by atoms with van der Waals surface area (Å²) in [4.78, 5) is 51.8. The van der Waals surface area contributed by atoms with Crippen LogP contribution < -0.4 is 5.32 Å². The van der Waals surface area contributed by atoms with Crippen LogP contribution in [0.2, 0.25) is 0 Å². The van der Waals surface area contributed by atoms with Crippen LogP contribution in [0, 0.1) is 12.8 Å². The summed E-state index contributed by atoms with van der Waals surface area (Å²) in [5, 5.41) is 3.02. The van der Waals surface area contributed by atoms with Crippen molar-refractivity contribution < 1.29 is 28.7 Å². The normalized spacial score (nSPS) is 14.5. The van der Waals surface area contributed by atoms with Gasteiger partial charge >= 0.3 is 11.9 Å². The zero-order valence-electron chi connectivity index (χ0n) is 19.0. The van der Waals surface area contributed by atoms with E-state index in [1.54, 1.807) is 6.92 Å². The largest absolute Gasteiger partial charge is 0.465 e. The average Bonchev–Trinajstić information content (AvgIpc) is 3.17. The third kappa shape index (κ3) is 5.85. The number of methoxy groups -OCH3 is 2. The first-order chi connectivity index (χ1) is 15.8. The number of esters is 2. The maximum atomic E-state index is 12.6. The van der Waals surface area contributed by atoms with Gasteiger partial charge in [0, 0.05) is 24.4 Å². The van der Waals surface area contributed by atoms with Gasteiger partial charge in [0.2, 0.25) is 5.91 Å². The molecule has 1 aromatic carbocycles. The summed E-state index contributed by atoms with van der Waals surface area (Å²) in [6.45, 7) is 3.65. The van der Waals surface area contributed by atoms with Gasteiger partial charge in [-0.25, -0.2) is 9.59 Å². The number of carbonyl (C=O) groups is 4. The van der Waals surface area contributed by atoms with E-state index >= 15 is 0 Å². The third-order valence-electron chi connectivity index (χ3n) is 5.83. The van der Waals surface area contributed by atoms with Gasteiger partial charge in [-0.1, -0.05) is 30.3 Å². The number of nitrogens with one attached hydrogen (secondary N) is 1. The zero-order valence-corrected chi connectivity index (χ0v) is 19.8. The van der Waals surface area contributed by atoms with E-state index < -0.39 is 11.9 Å². The fourth-order valence-corrected chi connectivity index (χ4v) is 5.07. The molecule has 1 N–H and O–H groups in total. The van der Waals surface area contributed by atoms with E-state index in [0.29, 0.717) is 12.1 Å². The lowest BCUT2D eigenvalue weighted by Gasteiger charge is -2.31. The van der Waals surface area contributed by atoms with Gasteiger partial charge in [-0.2, -0.15) is 0 Å². The topological polar surface area (TPSA) is 102 Å². The highest BCUT2D eigenvalue weighted by molar-refractivity contribution is 7.18. The van der Waals surface area contributed by atoms with Crippen molar-refractivity contribution in [2.24, 2.45) is 5.92 Å². The monoisotopic (exact) mass is 472 g/mol. The molecule has 0 saturated carbocycles. The van der Waals surface area contributed by atoms with Crippen molar-refractivity contribution in [3.8, 4) is 0 Å². The molecule has 1 aromatic heterocycles. The molecule has 2 heterocycles.